The maximum Gasteiger partial charge on any atom is 0.281 e. The van der Waals surface area contributed by atoms with Crippen molar-refractivity contribution in [3.05, 3.63) is 65.5 Å². The number of aromatic nitrogens is 2. The van der Waals surface area contributed by atoms with Crippen LogP contribution in [0.25, 0.3) is 10.8 Å². The van der Waals surface area contributed by atoms with Crippen molar-refractivity contribution in [1.29, 1.82) is 0 Å². The van der Waals surface area contributed by atoms with Crippen molar-refractivity contribution in [2.75, 3.05) is 7.11 Å². The van der Waals surface area contributed by atoms with Gasteiger partial charge in [-0.2, -0.15) is 5.10 Å². The topological polar surface area (TPSA) is 47.4 Å². The zero-order chi connectivity index (χ0) is 17.3. The van der Waals surface area contributed by atoms with Gasteiger partial charge >= 0.3 is 0 Å². The van der Waals surface area contributed by atoms with Gasteiger partial charge in [0.1, 0.15) is 0 Å². The Morgan fingerprint density at radius 3 is 2.58 bits per heavy atom. The van der Waals surface area contributed by atoms with Gasteiger partial charge in [0.15, 0.2) is 0 Å². The number of carbonyl (C=O) groups excluding carboxylic acids is 1. The molecule has 3 aromatic rings. The van der Waals surface area contributed by atoms with Crippen LogP contribution in [-0.4, -0.2) is 27.9 Å². The molecule has 0 radical (unpaired) electrons. The minimum absolute atomic E-state index is 0.191. The summed E-state index contributed by atoms with van der Waals surface area (Å²) >= 11 is 0. The summed E-state index contributed by atoms with van der Waals surface area (Å²) in [6, 6.07) is 14.0. The molecule has 1 amide bonds. The third-order valence-corrected chi connectivity index (χ3v) is 4.27. The van der Waals surface area contributed by atoms with Crippen LogP contribution in [0.2, 0.25) is 0 Å². The molecule has 0 aliphatic carbocycles. The molecule has 2 aromatic carbocycles. The Morgan fingerprint density at radius 2 is 1.92 bits per heavy atom. The highest BCUT2D eigenvalue weighted by Crippen LogP contribution is 2.29. The highest BCUT2D eigenvalue weighted by atomic mass is 16.7. The first-order chi connectivity index (χ1) is 11.5. The molecule has 0 aliphatic rings. The Labute approximate surface area is 141 Å². The Balaban J connectivity index is 2.01. The van der Waals surface area contributed by atoms with Gasteiger partial charge < -0.3 is 0 Å². The molecule has 0 spiro atoms. The van der Waals surface area contributed by atoms with Crippen LogP contribution in [0, 0.1) is 6.92 Å². The van der Waals surface area contributed by atoms with E-state index in [0.717, 1.165) is 16.3 Å². The van der Waals surface area contributed by atoms with E-state index in [1.165, 1.54) is 12.2 Å². The number of benzene rings is 2. The van der Waals surface area contributed by atoms with Crippen molar-refractivity contribution in [1.82, 2.24) is 14.8 Å². The van der Waals surface area contributed by atoms with Crippen LogP contribution in [-0.2, 0) is 11.9 Å². The molecule has 1 unspecified atom stereocenters. The fourth-order valence-electron chi connectivity index (χ4n) is 3.09. The highest BCUT2D eigenvalue weighted by Gasteiger charge is 2.26. The fourth-order valence-corrected chi connectivity index (χ4v) is 3.09. The monoisotopic (exact) mass is 323 g/mol. The quantitative estimate of drug-likeness (QED) is 0.689. The van der Waals surface area contributed by atoms with Crippen LogP contribution in [0.15, 0.2) is 48.7 Å². The van der Waals surface area contributed by atoms with Crippen LogP contribution < -0.4 is 0 Å². The van der Waals surface area contributed by atoms with E-state index < -0.39 is 0 Å². The van der Waals surface area contributed by atoms with Gasteiger partial charge in [-0.1, -0.05) is 42.5 Å². The van der Waals surface area contributed by atoms with Gasteiger partial charge in [-0.15, -0.1) is 0 Å². The summed E-state index contributed by atoms with van der Waals surface area (Å²) in [7, 11) is 3.32. The van der Waals surface area contributed by atoms with Gasteiger partial charge in [0.2, 0.25) is 0 Å². The van der Waals surface area contributed by atoms with Crippen molar-refractivity contribution in [3.63, 3.8) is 0 Å². The molecule has 5 nitrogen and oxygen atoms in total. The average molecular weight is 323 g/mol. The summed E-state index contributed by atoms with van der Waals surface area (Å²) in [5.41, 5.74) is 2.28. The summed E-state index contributed by atoms with van der Waals surface area (Å²) in [5, 5.41) is 7.91. The van der Waals surface area contributed by atoms with Crippen LogP contribution in [0.4, 0.5) is 0 Å². The summed E-state index contributed by atoms with van der Waals surface area (Å²) < 4.78 is 1.64. The molecule has 0 fully saturated rings. The van der Waals surface area contributed by atoms with E-state index in [2.05, 4.69) is 23.3 Å². The first kappa shape index (κ1) is 16.2. The van der Waals surface area contributed by atoms with Gasteiger partial charge in [-0.05, 0) is 30.2 Å². The first-order valence-corrected chi connectivity index (χ1v) is 7.88. The van der Waals surface area contributed by atoms with E-state index in [1.54, 1.807) is 17.9 Å². The number of carbonyl (C=O) groups is 1. The molecular formula is C19H21N3O2. The second kappa shape index (κ2) is 6.45. The number of hydrogen-bond acceptors (Lipinski definition) is 3. The third-order valence-electron chi connectivity index (χ3n) is 4.27. The van der Waals surface area contributed by atoms with Crippen molar-refractivity contribution in [3.8, 4) is 0 Å². The van der Waals surface area contributed by atoms with Crippen molar-refractivity contribution >= 4 is 16.7 Å². The summed E-state index contributed by atoms with van der Waals surface area (Å²) in [4.78, 5) is 18.4. The van der Waals surface area contributed by atoms with Crippen molar-refractivity contribution in [2.45, 2.75) is 19.9 Å². The maximum atomic E-state index is 12.9. The van der Waals surface area contributed by atoms with E-state index in [4.69, 9.17) is 4.84 Å². The SMILES string of the molecule is CON(C(=O)c1cn(C)nc1C)C(C)c1cccc2ccccc12. The number of hydrogen-bond donors (Lipinski definition) is 0. The van der Waals surface area contributed by atoms with Gasteiger partial charge in [-0.25, -0.2) is 5.06 Å². The van der Waals surface area contributed by atoms with Gasteiger partial charge in [0, 0.05) is 13.2 Å². The van der Waals surface area contributed by atoms with Crippen LogP contribution >= 0.6 is 0 Å². The Morgan fingerprint density at radius 1 is 1.21 bits per heavy atom. The minimum atomic E-state index is -0.229. The summed E-state index contributed by atoms with van der Waals surface area (Å²) in [5.74, 6) is -0.191. The highest BCUT2D eigenvalue weighted by molar-refractivity contribution is 5.95. The molecular weight excluding hydrogens is 302 g/mol. The molecule has 0 saturated carbocycles. The minimum Gasteiger partial charge on any atom is -0.275 e. The summed E-state index contributed by atoms with van der Waals surface area (Å²) in [6.45, 7) is 3.79. The first-order valence-electron chi connectivity index (χ1n) is 7.88. The van der Waals surface area contributed by atoms with E-state index in [0.29, 0.717) is 11.3 Å². The fraction of sp³-hybridized carbons (Fsp3) is 0.263. The molecule has 0 saturated heterocycles. The lowest BCUT2D eigenvalue weighted by molar-refractivity contribution is -0.120. The standard InChI is InChI=1S/C19H21N3O2/c1-13-18(12-21(3)20-13)19(23)22(24-4)14(2)16-11-7-9-15-8-5-6-10-17(15)16/h5-12,14H,1-4H3. The number of amides is 1. The largest absolute Gasteiger partial charge is 0.281 e. The number of hydroxylamine groups is 2. The third kappa shape index (κ3) is 2.78. The zero-order valence-corrected chi connectivity index (χ0v) is 14.4. The van der Waals surface area contributed by atoms with E-state index >= 15 is 0 Å². The van der Waals surface area contributed by atoms with Crippen molar-refractivity contribution < 1.29 is 9.63 Å². The second-order valence-electron chi connectivity index (χ2n) is 5.86. The Kier molecular flexibility index (Phi) is 4.36. The van der Waals surface area contributed by atoms with Gasteiger partial charge in [0.25, 0.3) is 5.91 Å². The molecule has 0 bridgehead atoms. The van der Waals surface area contributed by atoms with Crippen LogP contribution in [0.3, 0.4) is 0 Å². The number of nitrogens with zero attached hydrogens (tertiary/aromatic N) is 3. The maximum absolute atomic E-state index is 12.9. The Hall–Kier alpha value is -2.66. The lowest BCUT2D eigenvalue weighted by Crippen LogP contribution is -2.33. The van der Waals surface area contributed by atoms with E-state index in [-0.39, 0.29) is 11.9 Å². The van der Waals surface area contributed by atoms with E-state index in [1.807, 2.05) is 38.1 Å². The molecule has 1 atom stereocenters. The number of fused-ring (bicyclic) bond motifs is 1. The summed E-state index contributed by atoms with van der Waals surface area (Å²) in [6.07, 6.45) is 1.72. The zero-order valence-electron chi connectivity index (χ0n) is 14.4. The molecule has 124 valence electrons. The molecule has 0 N–H and O–H groups in total. The normalized spacial score (nSPS) is 12.3. The van der Waals surface area contributed by atoms with Crippen LogP contribution in [0.5, 0.6) is 0 Å². The van der Waals surface area contributed by atoms with Crippen LogP contribution in [0.1, 0.15) is 34.6 Å². The van der Waals surface area contributed by atoms with Gasteiger partial charge in [-0.3, -0.25) is 14.3 Å². The lowest BCUT2D eigenvalue weighted by atomic mass is 9.99. The number of aryl methyl sites for hydroxylation is 2. The molecule has 1 aromatic heterocycles. The predicted molar refractivity (Wildman–Crippen MR) is 93.5 cm³/mol. The molecule has 24 heavy (non-hydrogen) atoms. The average Bonchev–Trinajstić information content (AvgIpc) is 2.93. The van der Waals surface area contributed by atoms with Crippen molar-refractivity contribution in [2.24, 2.45) is 7.05 Å². The lowest BCUT2D eigenvalue weighted by Gasteiger charge is -2.27. The second-order valence-corrected chi connectivity index (χ2v) is 5.86. The molecule has 3 rings (SSSR count). The number of rotatable bonds is 4. The molecule has 1 heterocycles. The molecule has 0 aliphatic heterocycles. The predicted octanol–water partition coefficient (Wildman–Crippen LogP) is 3.65. The molecule has 5 heteroatoms. The van der Waals surface area contributed by atoms with Gasteiger partial charge in [0.05, 0.1) is 24.4 Å². The van der Waals surface area contributed by atoms with E-state index in [9.17, 15) is 4.79 Å². The Bertz CT molecular complexity index is 880. The smallest absolute Gasteiger partial charge is 0.275 e.